The van der Waals surface area contributed by atoms with Crippen LogP contribution in [0.4, 0.5) is 0 Å². The predicted octanol–water partition coefficient (Wildman–Crippen LogP) is 6.50. The highest BCUT2D eigenvalue weighted by atomic mass is 16.4. The van der Waals surface area contributed by atoms with Crippen molar-refractivity contribution >= 4 is 11.8 Å². The van der Waals surface area contributed by atoms with Gasteiger partial charge < -0.3 is 15.3 Å². The van der Waals surface area contributed by atoms with Crippen LogP contribution in [0.2, 0.25) is 0 Å². The minimum Gasteiger partial charge on any atom is -0.504 e. The Morgan fingerprint density at radius 1 is 1.03 bits per heavy atom. The van der Waals surface area contributed by atoms with E-state index in [1.807, 2.05) is 6.92 Å². The minimum atomic E-state index is -1.55. The van der Waals surface area contributed by atoms with Crippen LogP contribution in [0.3, 0.4) is 0 Å². The van der Waals surface area contributed by atoms with Gasteiger partial charge in [0.2, 0.25) is 5.76 Å². The number of unbranched alkanes of at least 4 members (excludes halogenated alkanes) is 1. The average Bonchev–Trinajstić information content (AvgIpc) is 3.01. The highest BCUT2D eigenvalue weighted by molar-refractivity contribution is 5.85. The number of carbonyl (C=O) groups is 2. The van der Waals surface area contributed by atoms with Crippen molar-refractivity contribution in [3.05, 3.63) is 22.7 Å². The SMILES string of the molecule is CCCCC(C)(C)CCC[C@H]1CCC(=O)[C@@H]1CCC(C)=C(C)/C(O)=C(\O)C(=O)O. The van der Waals surface area contributed by atoms with E-state index < -0.39 is 17.5 Å². The van der Waals surface area contributed by atoms with Gasteiger partial charge in [0.05, 0.1) is 0 Å². The lowest BCUT2D eigenvalue weighted by Crippen LogP contribution is -2.17. The lowest BCUT2D eigenvalue weighted by atomic mass is 9.79. The van der Waals surface area contributed by atoms with Gasteiger partial charge in [-0.1, -0.05) is 45.6 Å². The number of hydrogen-bond donors (Lipinski definition) is 3. The molecule has 29 heavy (non-hydrogen) atoms. The molecular formula is C24H40O5. The van der Waals surface area contributed by atoms with Gasteiger partial charge in [0.25, 0.3) is 0 Å². The molecule has 1 saturated carbocycles. The van der Waals surface area contributed by atoms with Crippen LogP contribution >= 0.6 is 0 Å². The molecule has 0 heterocycles. The van der Waals surface area contributed by atoms with Gasteiger partial charge in [0.1, 0.15) is 5.78 Å². The molecule has 0 bridgehead atoms. The lowest BCUT2D eigenvalue weighted by molar-refractivity contribution is -0.135. The van der Waals surface area contributed by atoms with Crippen LogP contribution in [0, 0.1) is 17.3 Å². The van der Waals surface area contributed by atoms with Crippen LogP contribution in [0.1, 0.15) is 98.8 Å². The number of aliphatic carboxylic acids is 1. The van der Waals surface area contributed by atoms with Crippen LogP contribution in [0.15, 0.2) is 22.7 Å². The first-order valence-corrected chi connectivity index (χ1v) is 11.0. The maximum Gasteiger partial charge on any atom is 0.374 e. The third-order valence-corrected chi connectivity index (χ3v) is 6.63. The van der Waals surface area contributed by atoms with Gasteiger partial charge in [-0.05, 0) is 69.3 Å². The summed E-state index contributed by atoms with van der Waals surface area (Å²) in [5.74, 6) is -2.38. The number of hydrogen-bond acceptors (Lipinski definition) is 4. The predicted molar refractivity (Wildman–Crippen MR) is 116 cm³/mol. The summed E-state index contributed by atoms with van der Waals surface area (Å²) in [7, 11) is 0. The number of aliphatic hydroxyl groups excluding tert-OH is 2. The van der Waals surface area contributed by atoms with Gasteiger partial charge >= 0.3 is 5.97 Å². The maximum atomic E-state index is 12.4. The van der Waals surface area contributed by atoms with Gasteiger partial charge in [0.15, 0.2) is 5.76 Å². The Bertz CT molecular complexity index is 642. The van der Waals surface area contributed by atoms with Crippen LogP contribution in [-0.2, 0) is 9.59 Å². The fourth-order valence-electron chi connectivity index (χ4n) is 4.38. The molecule has 1 fully saturated rings. The summed E-state index contributed by atoms with van der Waals surface area (Å²) in [6, 6.07) is 0. The second-order valence-corrected chi connectivity index (χ2v) is 9.48. The van der Waals surface area contributed by atoms with Crippen LogP contribution in [0.5, 0.6) is 0 Å². The van der Waals surface area contributed by atoms with Gasteiger partial charge in [-0.2, -0.15) is 0 Å². The monoisotopic (exact) mass is 408 g/mol. The number of Topliss-reactive ketones (excluding diaryl/α,β-unsaturated/α-hetero) is 1. The summed E-state index contributed by atoms with van der Waals surface area (Å²) in [5.41, 5.74) is 1.53. The summed E-state index contributed by atoms with van der Waals surface area (Å²) in [4.78, 5) is 23.2. The molecular weight excluding hydrogens is 368 g/mol. The first kappa shape index (κ1) is 25.3. The van der Waals surface area contributed by atoms with E-state index in [1.54, 1.807) is 6.92 Å². The molecule has 3 N–H and O–H groups in total. The zero-order valence-corrected chi connectivity index (χ0v) is 18.9. The van der Waals surface area contributed by atoms with Gasteiger partial charge in [0, 0.05) is 12.3 Å². The van der Waals surface area contributed by atoms with Crippen molar-refractivity contribution in [2.24, 2.45) is 17.3 Å². The molecule has 166 valence electrons. The van der Waals surface area contributed by atoms with E-state index >= 15 is 0 Å². The molecule has 0 aliphatic heterocycles. The fraction of sp³-hybridized carbons (Fsp3) is 0.750. The molecule has 2 atom stereocenters. The zero-order chi connectivity index (χ0) is 22.2. The Morgan fingerprint density at radius 2 is 1.66 bits per heavy atom. The third-order valence-electron chi connectivity index (χ3n) is 6.63. The van der Waals surface area contributed by atoms with Gasteiger partial charge in [-0.3, -0.25) is 4.79 Å². The van der Waals surface area contributed by atoms with Crippen molar-refractivity contribution in [2.75, 3.05) is 0 Å². The van der Waals surface area contributed by atoms with Gasteiger partial charge in [-0.25, -0.2) is 4.79 Å². The van der Waals surface area contributed by atoms with Crippen LogP contribution in [0.25, 0.3) is 0 Å². The fourth-order valence-corrected chi connectivity index (χ4v) is 4.38. The molecule has 5 nitrogen and oxygen atoms in total. The Hall–Kier alpha value is -1.78. The molecule has 0 aromatic carbocycles. The highest BCUT2D eigenvalue weighted by Crippen LogP contribution is 2.38. The van der Waals surface area contributed by atoms with Crippen molar-refractivity contribution in [1.82, 2.24) is 0 Å². The number of allylic oxidation sites excluding steroid dienone is 2. The van der Waals surface area contributed by atoms with Crippen LogP contribution < -0.4 is 0 Å². The maximum absolute atomic E-state index is 12.4. The van der Waals surface area contributed by atoms with Gasteiger partial charge in [-0.15, -0.1) is 0 Å². The van der Waals surface area contributed by atoms with Crippen molar-refractivity contribution in [1.29, 1.82) is 0 Å². The van der Waals surface area contributed by atoms with E-state index in [2.05, 4.69) is 20.8 Å². The second kappa shape index (κ2) is 11.4. The van der Waals surface area contributed by atoms with Crippen molar-refractivity contribution in [2.45, 2.75) is 98.8 Å². The Kier molecular flexibility index (Phi) is 9.94. The Labute approximate surface area is 175 Å². The Balaban J connectivity index is 2.65. The van der Waals surface area contributed by atoms with Crippen molar-refractivity contribution < 1.29 is 24.9 Å². The Morgan fingerprint density at radius 3 is 2.24 bits per heavy atom. The molecule has 5 heteroatoms. The number of carboxylic acid groups (broad SMARTS) is 1. The molecule has 0 saturated heterocycles. The molecule has 1 rings (SSSR count). The summed E-state index contributed by atoms with van der Waals surface area (Å²) >= 11 is 0. The topological polar surface area (TPSA) is 94.8 Å². The highest BCUT2D eigenvalue weighted by Gasteiger charge is 2.34. The quantitative estimate of drug-likeness (QED) is 0.195. The largest absolute Gasteiger partial charge is 0.504 e. The normalized spacial score (nSPS) is 21.8. The zero-order valence-electron chi connectivity index (χ0n) is 18.9. The van der Waals surface area contributed by atoms with Crippen molar-refractivity contribution in [3.8, 4) is 0 Å². The molecule has 1 aliphatic carbocycles. The van der Waals surface area contributed by atoms with E-state index in [1.165, 1.54) is 25.7 Å². The molecule has 0 aromatic rings. The van der Waals surface area contributed by atoms with E-state index in [4.69, 9.17) is 5.11 Å². The standard InChI is InChI=1S/C24H40O5/c1-6-7-14-24(4,5)15-8-9-18-11-13-20(25)19(18)12-10-16(2)17(3)21(26)22(27)23(28)29/h18-19,26-27H,6-15H2,1-5H3,(H,28,29)/b17-16?,22-21+/t18-,19+/m0/s1. The summed E-state index contributed by atoms with van der Waals surface area (Å²) in [6.45, 7) is 10.3. The van der Waals surface area contributed by atoms with E-state index in [0.717, 1.165) is 24.8 Å². The third kappa shape index (κ3) is 7.87. The molecule has 0 unspecified atom stereocenters. The smallest absolute Gasteiger partial charge is 0.374 e. The van der Waals surface area contributed by atoms with E-state index in [9.17, 15) is 19.8 Å². The molecule has 0 spiro atoms. The lowest BCUT2D eigenvalue weighted by Gasteiger charge is -2.26. The van der Waals surface area contributed by atoms with Crippen molar-refractivity contribution in [3.63, 3.8) is 0 Å². The summed E-state index contributed by atoms with van der Waals surface area (Å²) < 4.78 is 0. The summed E-state index contributed by atoms with van der Waals surface area (Å²) in [6.07, 6.45) is 10.1. The number of carbonyl (C=O) groups excluding carboxylic acids is 1. The molecule has 0 amide bonds. The first-order chi connectivity index (χ1) is 13.5. The molecule has 0 radical (unpaired) electrons. The number of carboxylic acids is 1. The first-order valence-electron chi connectivity index (χ1n) is 11.0. The number of aliphatic hydroxyl groups is 2. The average molecular weight is 409 g/mol. The van der Waals surface area contributed by atoms with E-state index in [-0.39, 0.29) is 5.92 Å². The van der Waals surface area contributed by atoms with Crippen LogP contribution in [-0.4, -0.2) is 27.1 Å². The number of rotatable bonds is 12. The number of ketones is 1. The second-order valence-electron chi connectivity index (χ2n) is 9.48. The van der Waals surface area contributed by atoms with E-state index in [0.29, 0.717) is 42.0 Å². The summed E-state index contributed by atoms with van der Waals surface area (Å²) in [5, 5.41) is 28.1. The minimum absolute atomic E-state index is 0.0516. The molecule has 1 aliphatic rings. The molecule has 0 aromatic heterocycles.